The molecule has 0 saturated carbocycles. The molecular weight excluding hydrogens is 1330 g/mol. The van der Waals surface area contributed by atoms with Crippen molar-refractivity contribution in [1.82, 2.24) is 5.32 Å². The van der Waals surface area contributed by atoms with E-state index in [1.54, 1.807) is 6.08 Å². The molecule has 0 aromatic rings. The van der Waals surface area contributed by atoms with E-state index >= 15 is 0 Å². The van der Waals surface area contributed by atoms with Crippen LogP contribution in [0, 0.1) is 0 Å². The van der Waals surface area contributed by atoms with Crippen molar-refractivity contribution in [1.29, 1.82) is 0 Å². The summed E-state index contributed by atoms with van der Waals surface area (Å²) in [7, 11) is 0. The summed E-state index contributed by atoms with van der Waals surface area (Å²) in [4.78, 5) is 13.5. The molecule has 3 fully saturated rings. The molecule has 12 N–H and O–H groups in total. The van der Waals surface area contributed by atoms with Gasteiger partial charge < -0.3 is 89.9 Å². The molecule has 19 nitrogen and oxygen atoms in total. The van der Waals surface area contributed by atoms with Crippen LogP contribution in [0.1, 0.15) is 284 Å². The number of nitrogens with one attached hydrogen (secondary N) is 1. The lowest BCUT2D eigenvalue weighted by Crippen LogP contribution is -2.66. The summed E-state index contributed by atoms with van der Waals surface area (Å²) in [6, 6.07) is -0.997. The number of hydrogen-bond donors (Lipinski definition) is 12. The molecule has 0 aliphatic carbocycles. The van der Waals surface area contributed by atoms with E-state index in [9.17, 15) is 61.0 Å². The van der Waals surface area contributed by atoms with Crippen LogP contribution in [0.3, 0.4) is 0 Å². The molecular formula is C86H147NO18. The van der Waals surface area contributed by atoms with Gasteiger partial charge in [0.25, 0.3) is 0 Å². The highest BCUT2D eigenvalue weighted by Gasteiger charge is 2.54. The molecule has 3 aliphatic rings. The number of carbonyl (C=O) groups is 1. The second-order valence-electron chi connectivity index (χ2n) is 28.8. The van der Waals surface area contributed by atoms with Crippen LogP contribution >= 0.6 is 0 Å². The lowest BCUT2D eigenvalue weighted by molar-refractivity contribution is -0.379. The van der Waals surface area contributed by atoms with Crippen molar-refractivity contribution in [2.75, 3.05) is 26.4 Å². The Hall–Kier alpha value is -3.81. The Morgan fingerprint density at radius 2 is 0.667 bits per heavy atom. The Balaban J connectivity index is 1.32. The molecule has 0 bridgehead atoms. The van der Waals surface area contributed by atoms with Crippen LogP contribution in [0.4, 0.5) is 0 Å². The van der Waals surface area contributed by atoms with Crippen molar-refractivity contribution in [2.24, 2.45) is 0 Å². The quantitative estimate of drug-likeness (QED) is 0.0199. The first-order chi connectivity index (χ1) is 51.3. The monoisotopic (exact) mass is 1480 g/mol. The van der Waals surface area contributed by atoms with E-state index in [1.165, 1.54) is 161 Å². The maximum Gasteiger partial charge on any atom is 0.220 e. The zero-order valence-corrected chi connectivity index (χ0v) is 64.7. The van der Waals surface area contributed by atoms with Gasteiger partial charge in [-0.2, -0.15) is 0 Å². The molecule has 3 saturated heterocycles. The second kappa shape index (κ2) is 65.0. The number of rotatable bonds is 64. The fourth-order valence-electron chi connectivity index (χ4n) is 13.2. The normalized spacial score (nSPS) is 26.4. The highest BCUT2D eigenvalue weighted by Crippen LogP contribution is 2.33. The van der Waals surface area contributed by atoms with Crippen LogP contribution in [0.2, 0.25) is 0 Å². The zero-order valence-electron chi connectivity index (χ0n) is 64.7. The molecule has 604 valence electrons. The molecule has 105 heavy (non-hydrogen) atoms. The number of aliphatic hydroxyl groups excluding tert-OH is 11. The molecule has 0 aromatic carbocycles. The maximum absolute atomic E-state index is 13.5. The lowest BCUT2D eigenvalue weighted by Gasteiger charge is -2.48. The van der Waals surface area contributed by atoms with E-state index in [0.29, 0.717) is 12.8 Å². The van der Waals surface area contributed by atoms with E-state index in [4.69, 9.17) is 28.4 Å². The molecule has 0 radical (unpaired) electrons. The van der Waals surface area contributed by atoms with Crippen LogP contribution in [-0.4, -0.2) is 193 Å². The smallest absolute Gasteiger partial charge is 0.220 e. The predicted octanol–water partition coefficient (Wildman–Crippen LogP) is 14.3. The highest BCUT2D eigenvalue weighted by molar-refractivity contribution is 5.76. The number of amides is 1. The minimum absolute atomic E-state index is 0.231. The van der Waals surface area contributed by atoms with Gasteiger partial charge in [-0.15, -0.1) is 0 Å². The predicted molar refractivity (Wildman–Crippen MR) is 420 cm³/mol. The largest absolute Gasteiger partial charge is 0.394 e. The molecule has 19 heteroatoms. The summed E-state index contributed by atoms with van der Waals surface area (Å²) < 4.78 is 34.4. The first-order valence-corrected chi connectivity index (χ1v) is 41.3. The van der Waals surface area contributed by atoms with E-state index < -0.39 is 124 Å². The third-order valence-electron chi connectivity index (χ3n) is 19.7. The summed E-state index contributed by atoms with van der Waals surface area (Å²) in [5, 5.41) is 121. The number of hydrogen-bond acceptors (Lipinski definition) is 18. The van der Waals surface area contributed by atoms with E-state index in [-0.39, 0.29) is 18.9 Å². The molecule has 3 aliphatic heterocycles. The first kappa shape index (κ1) is 95.4. The van der Waals surface area contributed by atoms with E-state index in [0.717, 1.165) is 89.9 Å². The Morgan fingerprint density at radius 3 is 1.07 bits per heavy atom. The standard InChI is InChI=1S/C86H147NO18/c1-3-5-7-9-11-13-15-17-19-21-23-24-25-26-27-28-29-30-31-32-33-34-35-36-37-38-39-40-41-42-43-44-46-48-50-52-54-56-58-60-62-64-74(92)87-69(70(91)63-61-59-57-55-53-51-49-47-45-22-20-18-16-14-12-10-8-6-4-2)68-100-84-80(98)77(95)82(72(66-89)102-84)105-86-81(99)78(96)83(73(67-90)103-86)104-85-79(97)76(94)75(93)71(65-88)101-85/h5,7,11,13,17,19,23-24,26-27,29-30,32-33,35-36,53,55,61,63,69-73,75-86,88-91,93-99H,3-4,6,8-10,12,14-16,18,20-22,25,28,31,34,37-52,54,56-60,62,64-68H2,1-2H3,(H,87,92)/b7-5-,13-11-,19-17-,24-23-,27-26-,30-29-,33-32-,36-35-,55-53+,63-61+. The molecule has 3 rings (SSSR count). The van der Waals surface area contributed by atoms with Gasteiger partial charge in [0, 0.05) is 6.42 Å². The van der Waals surface area contributed by atoms with E-state index in [2.05, 4.69) is 129 Å². The van der Waals surface area contributed by atoms with Crippen molar-refractivity contribution in [3.8, 4) is 0 Å². The van der Waals surface area contributed by atoms with Gasteiger partial charge in [0.05, 0.1) is 38.6 Å². The number of unbranched alkanes of at least 4 members (excludes halogenated alkanes) is 30. The molecule has 17 unspecified atom stereocenters. The van der Waals surface area contributed by atoms with Gasteiger partial charge >= 0.3 is 0 Å². The zero-order chi connectivity index (χ0) is 76.0. The minimum atomic E-state index is -1.99. The fraction of sp³-hybridized carbons (Fsp3) is 0.756. The van der Waals surface area contributed by atoms with Gasteiger partial charge in [0.15, 0.2) is 18.9 Å². The maximum atomic E-state index is 13.5. The van der Waals surface area contributed by atoms with E-state index in [1.807, 2.05) is 6.08 Å². The van der Waals surface area contributed by atoms with Crippen molar-refractivity contribution >= 4 is 5.91 Å². The number of aliphatic hydroxyl groups is 11. The van der Waals surface area contributed by atoms with Crippen molar-refractivity contribution < 1.29 is 89.4 Å². The Labute approximate surface area is 633 Å². The summed E-state index contributed by atoms with van der Waals surface area (Å²) in [5.74, 6) is -0.287. The van der Waals surface area contributed by atoms with Gasteiger partial charge in [-0.05, 0) is 96.3 Å². The Bertz CT molecular complexity index is 2370. The highest BCUT2D eigenvalue weighted by atomic mass is 16.8. The molecule has 0 aromatic heterocycles. The van der Waals surface area contributed by atoms with Gasteiger partial charge in [0.2, 0.25) is 5.91 Å². The van der Waals surface area contributed by atoms with Crippen LogP contribution in [-0.2, 0) is 33.2 Å². The third-order valence-corrected chi connectivity index (χ3v) is 19.7. The fourth-order valence-corrected chi connectivity index (χ4v) is 13.2. The molecule has 17 atom stereocenters. The number of allylic oxidation sites excluding steroid dienone is 19. The van der Waals surface area contributed by atoms with Crippen LogP contribution in [0.25, 0.3) is 0 Å². The van der Waals surface area contributed by atoms with Crippen LogP contribution in [0.15, 0.2) is 122 Å². The SMILES string of the molecule is CC/C=C\C/C=C\C/C=C\C/C=C\C/C=C\C/C=C\C/C=C\C/C=C\CCCCCCCCCCCCCCCCCCC(=O)NC(COC1OC(CO)C(OC2OC(CO)C(OC3OC(CO)C(O)C(O)C3O)C(O)C2O)C(O)C1O)C(O)/C=C/CC/C=C/CCCCCCCCCCCCCCC. The molecule has 1 amide bonds. The average Bonchev–Trinajstić information content (AvgIpc) is 0.781. The first-order valence-electron chi connectivity index (χ1n) is 41.3. The molecule has 0 spiro atoms. The number of carbonyl (C=O) groups excluding carboxylic acids is 1. The van der Waals surface area contributed by atoms with Gasteiger partial charge in [-0.3, -0.25) is 4.79 Å². The summed E-state index contributed by atoms with van der Waals surface area (Å²) in [6.07, 6.45) is 64.8. The molecule has 3 heterocycles. The topological polar surface area (TPSA) is 307 Å². The summed E-state index contributed by atoms with van der Waals surface area (Å²) >= 11 is 0. The van der Waals surface area contributed by atoms with Crippen LogP contribution in [0.5, 0.6) is 0 Å². The Morgan fingerprint density at radius 1 is 0.352 bits per heavy atom. The van der Waals surface area contributed by atoms with Gasteiger partial charge in [-0.25, -0.2) is 0 Å². The van der Waals surface area contributed by atoms with Crippen molar-refractivity contribution in [2.45, 2.75) is 388 Å². The Kier molecular flexibility index (Phi) is 59.0. The third kappa shape index (κ3) is 44.6. The second-order valence-corrected chi connectivity index (χ2v) is 28.8. The van der Waals surface area contributed by atoms with Crippen molar-refractivity contribution in [3.05, 3.63) is 122 Å². The summed E-state index contributed by atoms with van der Waals surface area (Å²) in [5.41, 5.74) is 0. The minimum Gasteiger partial charge on any atom is -0.394 e. The van der Waals surface area contributed by atoms with Gasteiger partial charge in [-0.1, -0.05) is 302 Å². The number of ether oxygens (including phenoxy) is 6. The van der Waals surface area contributed by atoms with Gasteiger partial charge in [0.1, 0.15) is 73.2 Å². The summed E-state index contributed by atoms with van der Waals surface area (Å²) in [6.45, 7) is 1.61. The van der Waals surface area contributed by atoms with Crippen LogP contribution < -0.4 is 5.32 Å². The van der Waals surface area contributed by atoms with Crippen molar-refractivity contribution in [3.63, 3.8) is 0 Å². The lowest BCUT2D eigenvalue weighted by atomic mass is 9.96. The average molecular weight is 1480 g/mol.